The van der Waals surface area contributed by atoms with Crippen molar-refractivity contribution in [1.82, 2.24) is 20.0 Å². The number of thiophene rings is 1. The Morgan fingerprint density at radius 1 is 1.10 bits per heavy atom. The van der Waals surface area contributed by atoms with Crippen LogP contribution < -0.4 is 10.2 Å². The van der Waals surface area contributed by atoms with Crippen molar-refractivity contribution in [2.75, 3.05) is 77.4 Å². The second-order valence-electron chi connectivity index (χ2n) is 8.19. The summed E-state index contributed by atoms with van der Waals surface area (Å²) in [4.78, 5) is 26.2. The molecule has 1 saturated carbocycles. The molecule has 0 bridgehead atoms. The van der Waals surface area contributed by atoms with Crippen LogP contribution in [0.5, 0.6) is 0 Å². The van der Waals surface area contributed by atoms with Crippen LogP contribution in [0.2, 0.25) is 0 Å². The van der Waals surface area contributed by atoms with E-state index in [1.165, 1.54) is 11.4 Å². The number of aliphatic imine (C=N–C) groups is 1. The molecular formula is C21H35IN6OS. The summed E-state index contributed by atoms with van der Waals surface area (Å²) in [5.74, 6) is 1.73. The van der Waals surface area contributed by atoms with Crippen LogP contribution in [-0.2, 0) is 4.79 Å². The van der Waals surface area contributed by atoms with Gasteiger partial charge in [-0.15, -0.1) is 35.3 Å². The van der Waals surface area contributed by atoms with Gasteiger partial charge in [-0.25, -0.2) is 0 Å². The summed E-state index contributed by atoms with van der Waals surface area (Å²) < 4.78 is 0. The highest BCUT2D eigenvalue weighted by molar-refractivity contribution is 14.0. The number of rotatable bonds is 5. The van der Waals surface area contributed by atoms with Gasteiger partial charge in [0.25, 0.3) is 0 Å². The molecule has 0 radical (unpaired) electrons. The number of nitrogens with zero attached hydrogens (tertiary/aromatic N) is 5. The van der Waals surface area contributed by atoms with Crippen molar-refractivity contribution in [1.29, 1.82) is 0 Å². The SMILES string of the molecule is CN=C(NCCN1CCN(C(=O)C2CCC2)CC1)N1CCN(c2cccs2)CC1.I. The van der Waals surface area contributed by atoms with Crippen LogP contribution in [0.3, 0.4) is 0 Å². The Bertz CT molecular complexity index is 680. The molecule has 9 heteroatoms. The van der Waals surface area contributed by atoms with Crippen LogP contribution in [0, 0.1) is 5.92 Å². The molecule has 1 N–H and O–H groups in total. The molecule has 3 heterocycles. The monoisotopic (exact) mass is 546 g/mol. The lowest BCUT2D eigenvalue weighted by Gasteiger charge is -2.39. The largest absolute Gasteiger partial charge is 0.360 e. The lowest BCUT2D eigenvalue weighted by Crippen LogP contribution is -2.54. The van der Waals surface area contributed by atoms with Gasteiger partial charge in [-0.3, -0.25) is 14.7 Å². The zero-order chi connectivity index (χ0) is 20.1. The minimum Gasteiger partial charge on any atom is -0.360 e. The van der Waals surface area contributed by atoms with E-state index < -0.39 is 0 Å². The van der Waals surface area contributed by atoms with Crippen molar-refractivity contribution in [3.63, 3.8) is 0 Å². The number of anilines is 1. The van der Waals surface area contributed by atoms with Gasteiger partial charge in [0.15, 0.2) is 5.96 Å². The number of hydrogen-bond acceptors (Lipinski definition) is 5. The fraction of sp³-hybridized carbons (Fsp3) is 0.714. The molecule has 168 valence electrons. The fourth-order valence-electron chi connectivity index (χ4n) is 4.35. The van der Waals surface area contributed by atoms with E-state index in [9.17, 15) is 4.79 Å². The highest BCUT2D eigenvalue weighted by atomic mass is 127. The Labute approximate surface area is 201 Å². The van der Waals surface area contributed by atoms with E-state index in [0.29, 0.717) is 11.8 Å². The van der Waals surface area contributed by atoms with Crippen molar-refractivity contribution < 1.29 is 4.79 Å². The minimum absolute atomic E-state index is 0. The third-order valence-corrected chi connectivity index (χ3v) is 7.39. The molecule has 3 fully saturated rings. The van der Waals surface area contributed by atoms with Crippen molar-refractivity contribution >= 4 is 52.2 Å². The average Bonchev–Trinajstić information content (AvgIpc) is 3.25. The Balaban J connectivity index is 0.00000256. The predicted molar refractivity (Wildman–Crippen MR) is 135 cm³/mol. The maximum Gasteiger partial charge on any atom is 0.225 e. The number of nitrogens with one attached hydrogen (secondary N) is 1. The third kappa shape index (κ3) is 5.79. The Morgan fingerprint density at radius 3 is 2.37 bits per heavy atom. The second kappa shape index (κ2) is 11.5. The van der Waals surface area contributed by atoms with Gasteiger partial charge >= 0.3 is 0 Å². The predicted octanol–water partition coefficient (Wildman–Crippen LogP) is 2.01. The summed E-state index contributed by atoms with van der Waals surface area (Å²) in [6, 6.07) is 4.32. The minimum atomic E-state index is 0. The van der Waals surface area contributed by atoms with Crippen LogP contribution in [0.4, 0.5) is 5.00 Å². The van der Waals surface area contributed by atoms with Crippen LogP contribution in [0.1, 0.15) is 19.3 Å². The summed E-state index contributed by atoms with van der Waals surface area (Å²) in [7, 11) is 1.87. The normalized spacial score (nSPS) is 21.2. The molecule has 1 aromatic rings. The van der Waals surface area contributed by atoms with E-state index in [1.807, 2.05) is 18.4 Å². The molecule has 0 atom stereocenters. The molecule has 1 aliphatic carbocycles. The summed E-state index contributed by atoms with van der Waals surface area (Å²) in [6.07, 6.45) is 3.43. The van der Waals surface area contributed by atoms with Gasteiger partial charge in [-0.2, -0.15) is 0 Å². The van der Waals surface area contributed by atoms with Gasteiger partial charge in [-0.05, 0) is 30.4 Å². The van der Waals surface area contributed by atoms with Crippen molar-refractivity contribution in [3.8, 4) is 0 Å². The standard InChI is InChI=1S/C21H34N6OS.HI/c1-22-21(27-15-13-25(14-16-27)19-6-3-17-29-19)23-7-8-24-9-11-26(12-10-24)20(28)18-4-2-5-18;/h3,6,17-18H,2,4-5,7-16H2,1H3,(H,22,23);1H. The quantitative estimate of drug-likeness (QED) is 0.348. The molecule has 3 aliphatic rings. The molecule has 4 rings (SSSR count). The highest BCUT2D eigenvalue weighted by Gasteiger charge is 2.31. The van der Waals surface area contributed by atoms with Crippen LogP contribution >= 0.6 is 35.3 Å². The van der Waals surface area contributed by atoms with Gasteiger partial charge in [-0.1, -0.05) is 6.42 Å². The van der Waals surface area contributed by atoms with E-state index in [2.05, 4.69) is 47.4 Å². The van der Waals surface area contributed by atoms with Gasteiger partial charge in [0.2, 0.25) is 5.91 Å². The summed E-state index contributed by atoms with van der Waals surface area (Å²) >= 11 is 1.81. The zero-order valence-corrected chi connectivity index (χ0v) is 21.1. The molecule has 7 nitrogen and oxygen atoms in total. The van der Waals surface area contributed by atoms with Crippen molar-refractivity contribution in [3.05, 3.63) is 17.5 Å². The Hall–Kier alpha value is -1.07. The van der Waals surface area contributed by atoms with Crippen molar-refractivity contribution in [2.45, 2.75) is 19.3 Å². The Kier molecular flexibility index (Phi) is 9.06. The number of guanidine groups is 1. The van der Waals surface area contributed by atoms with Crippen LogP contribution in [0.15, 0.2) is 22.5 Å². The number of hydrogen-bond donors (Lipinski definition) is 1. The Morgan fingerprint density at radius 2 is 1.80 bits per heavy atom. The molecule has 30 heavy (non-hydrogen) atoms. The first kappa shape index (κ1) is 23.6. The summed E-state index contributed by atoms with van der Waals surface area (Å²) in [6.45, 7) is 9.71. The zero-order valence-electron chi connectivity index (χ0n) is 18.0. The first-order valence-corrected chi connectivity index (χ1v) is 11.9. The summed E-state index contributed by atoms with van der Waals surface area (Å²) in [5.41, 5.74) is 0. The molecule has 2 saturated heterocycles. The number of halogens is 1. The van der Waals surface area contributed by atoms with Gasteiger partial charge in [0.1, 0.15) is 0 Å². The third-order valence-electron chi connectivity index (χ3n) is 6.46. The molecule has 0 aromatic carbocycles. The lowest BCUT2D eigenvalue weighted by atomic mass is 9.84. The van der Waals surface area contributed by atoms with E-state index >= 15 is 0 Å². The first-order valence-electron chi connectivity index (χ1n) is 11.0. The highest BCUT2D eigenvalue weighted by Crippen LogP contribution is 2.28. The van der Waals surface area contributed by atoms with Gasteiger partial charge in [0, 0.05) is 78.4 Å². The summed E-state index contributed by atoms with van der Waals surface area (Å²) in [5, 5.41) is 7.05. The molecular weight excluding hydrogens is 511 g/mol. The maximum atomic E-state index is 12.4. The van der Waals surface area contributed by atoms with Gasteiger partial charge in [0.05, 0.1) is 5.00 Å². The number of carbonyl (C=O) groups is 1. The second-order valence-corrected chi connectivity index (χ2v) is 9.12. The number of amides is 1. The van der Waals surface area contributed by atoms with Crippen molar-refractivity contribution in [2.24, 2.45) is 10.9 Å². The van der Waals surface area contributed by atoms with E-state index in [0.717, 1.165) is 84.2 Å². The topological polar surface area (TPSA) is 54.4 Å². The fourth-order valence-corrected chi connectivity index (χ4v) is 5.14. The average molecular weight is 547 g/mol. The lowest BCUT2D eigenvalue weighted by molar-refractivity contribution is -0.139. The number of piperazine rings is 2. The molecule has 1 aromatic heterocycles. The van der Waals surface area contributed by atoms with Crippen LogP contribution in [-0.4, -0.2) is 99.1 Å². The first-order chi connectivity index (χ1) is 14.2. The van der Waals surface area contributed by atoms with E-state index in [1.54, 1.807) is 0 Å². The molecule has 1 amide bonds. The molecule has 2 aliphatic heterocycles. The smallest absolute Gasteiger partial charge is 0.225 e. The maximum absolute atomic E-state index is 12.4. The van der Waals surface area contributed by atoms with Gasteiger partial charge < -0.3 is 20.0 Å². The van der Waals surface area contributed by atoms with E-state index in [4.69, 9.17) is 0 Å². The van der Waals surface area contributed by atoms with Crippen LogP contribution in [0.25, 0.3) is 0 Å². The molecule has 0 spiro atoms. The van der Waals surface area contributed by atoms with E-state index in [-0.39, 0.29) is 24.0 Å². The number of carbonyl (C=O) groups excluding carboxylic acids is 1. The molecule has 0 unspecified atom stereocenters.